The van der Waals surface area contributed by atoms with Crippen molar-refractivity contribution in [1.82, 2.24) is 5.32 Å². The monoisotopic (exact) mass is 404 g/mol. The minimum atomic E-state index is -1.07. The van der Waals surface area contributed by atoms with Gasteiger partial charge in [-0.1, -0.05) is 0 Å². The first-order valence-electron chi connectivity index (χ1n) is 6.71. The third-order valence-corrected chi connectivity index (χ3v) is 3.89. The van der Waals surface area contributed by atoms with Crippen molar-refractivity contribution in [2.45, 2.75) is 18.9 Å². The minimum Gasteiger partial charge on any atom is -0.478 e. The first-order chi connectivity index (χ1) is 10.1. The van der Waals surface area contributed by atoms with Gasteiger partial charge in [0.2, 0.25) is 5.91 Å². The van der Waals surface area contributed by atoms with Gasteiger partial charge in [-0.15, -0.1) is 0 Å². The topological polar surface area (TPSA) is 87.7 Å². The van der Waals surface area contributed by atoms with E-state index in [1.165, 1.54) is 6.07 Å². The average Bonchev–Trinajstić information content (AvgIpc) is 2.48. The van der Waals surface area contributed by atoms with Crippen LogP contribution in [0, 0.1) is 3.57 Å². The van der Waals surface area contributed by atoms with Crippen LogP contribution in [-0.2, 0) is 9.53 Å². The molecule has 114 valence electrons. The third kappa shape index (κ3) is 4.94. The van der Waals surface area contributed by atoms with Crippen molar-refractivity contribution in [3.8, 4) is 0 Å². The highest BCUT2D eigenvalue weighted by Gasteiger charge is 2.16. The molecular formula is C14H17IN2O4. The van der Waals surface area contributed by atoms with E-state index in [9.17, 15) is 9.59 Å². The van der Waals surface area contributed by atoms with Crippen molar-refractivity contribution in [3.63, 3.8) is 0 Å². The fourth-order valence-corrected chi connectivity index (χ4v) is 2.64. The molecule has 2 rings (SSSR count). The van der Waals surface area contributed by atoms with Gasteiger partial charge in [0.05, 0.1) is 17.4 Å². The number of piperidine rings is 1. The van der Waals surface area contributed by atoms with Gasteiger partial charge in [-0.2, -0.15) is 0 Å². The van der Waals surface area contributed by atoms with Gasteiger partial charge in [-0.05, 0) is 66.7 Å². The number of carboxylic acids is 1. The molecule has 1 saturated heterocycles. The number of halogens is 1. The zero-order valence-corrected chi connectivity index (χ0v) is 13.6. The van der Waals surface area contributed by atoms with Gasteiger partial charge < -0.3 is 20.5 Å². The van der Waals surface area contributed by atoms with Crippen LogP contribution < -0.4 is 10.6 Å². The molecule has 7 heteroatoms. The Labute approximate surface area is 136 Å². The van der Waals surface area contributed by atoms with Crippen LogP contribution in [0.15, 0.2) is 18.2 Å². The highest BCUT2D eigenvalue weighted by atomic mass is 127. The van der Waals surface area contributed by atoms with E-state index in [1.54, 1.807) is 12.1 Å². The van der Waals surface area contributed by atoms with Crippen LogP contribution >= 0.6 is 22.6 Å². The fourth-order valence-electron chi connectivity index (χ4n) is 2.14. The Morgan fingerprint density at radius 2 is 2.10 bits per heavy atom. The van der Waals surface area contributed by atoms with Crippen LogP contribution in [0.25, 0.3) is 0 Å². The molecule has 1 aliphatic heterocycles. The predicted octanol–water partition coefficient (Wildman–Crippen LogP) is 1.70. The summed E-state index contributed by atoms with van der Waals surface area (Å²) >= 11 is 2.03. The average molecular weight is 404 g/mol. The van der Waals surface area contributed by atoms with Crippen LogP contribution in [0.2, 0.25) is 0 Å². The summed E-state index contributed by atoms with van der Waals surface area (Å²) in [7, 11) is 0. The van der Waals surface area contributed by atoms with Gasteiger partial charge in [0.15, 0.2) is 0 Å². The minimum absolute atomic E-state index is 0.0598. The van der Waals surface area contributed by atoms with E-state index >= 15 is 0 Å². The van der Waals surface area contributed by atoms with E-state index in [0.717, 1.165) is 29.5 Å². The van der Waals surface area contributed by atoms with Crippen molar-refractivity contribution in [2.75, 3.05) is 25.0 Å². The molecule has 1 heterocycles. The molecule has 0 saturated carbocycles. The van der Waals surface area contributed by atoms with Gasteiger partial charge in [0, 0.05) is 3.57 Å². The molecule has 1 fully saturated rings. The molecule has 1 aromatic rings. The standard InChI is InChI=1S/C14H17IN2O4/c15-9-1-2-12(11(7-9)14(19)20)17-13(18)8-21-10-3-5-16-6-4-10/h1-2,7,10,16H,3-6,8H2,(H,17,18)(H,19,20). The molecule has 0 spiro atoms. The van der Waals surface area contributed by atoms with Gasteiger partial charge >= 0.3 is 5.97 Å². The summed E-state index contributed by atoms with van der Waals surface area (Å²) in [5.41, 5.74) is 0.374. The van der Waals surface area contributed by atoms with Gasteiger partial charge in [0.25, 0.3) is 0 Å². The molecule has 0 radical (unpaired) electrons. The second-order valence-electron chi connectivity index (χ2n) is 4.80. The van der Waals surface area contributed by atoms with E-state index in [1.807, 2.05) is 22.6 Å². The lowest BCUT2D eigenvalue weighted by molar-refractivity contribution is -0.123. The Hall–Kier alpha value is -1.19. The number of carboxylic acid groups (broad SMARTS) is 1. The lowest BCUT2D eigenvalue weighted by atomic mass is 10.1. The van der Waals surface area contributed by atoms with E-state index in [-0.39, 0.29) is 24.2 Å². The van der Waals surface area contributed by atoms with Crippen molar-refractivity contribution in [2.24, 2.45) is 0 Å². The second kappa shape index (κ2) is 7.71. The summed E-state index contributed by atoms with van der Waals surface area (Å²) in [6, 6.07) is 4.86. The lowest BCUT2D eigenvalue weighted by Crippen LogP contribution is -2.34. The number of benzene rings is 1. The summed E-state index contributed by atoms with van der Waals surface area (Å²) in [5.74, 6) is -1.40. The second-order valence-corrected chi connectivity index (χ2v) is 6.05. The maximum absolute atomic E-state index is 11.9. The molecule has 0 bridgehead atoms. The van der Waals surface area contributed by atoms with Gasteiger partial charge in [0.1, 0.15) is 6.61 Å². The number of carbonyl (C=O) groups is 2. The number of carbonyl (C=O) groups excluding carboxylic acids is 1. The van der Waals surface area contributed by atoms with Crippen molar-refractivity contribution < 1.29 is 19.4 Å². The Kier molecular flexibility index (Phi) is 5.95. The van der Waals surface area contributed by atoms with Crippen LogP contribution in [0.4, 0.5) is 5.69 Å². The van der Waals surface area contributed by atoms with Gasteiger partial charge in [-0.25, -0.2) is 4.79 Å². The normalized spacial score (nSPS) is 15.7. The van der Waals surface area contributed by atoms with Crippen molar-refractivity contribution in [1.29, 1.82) is 0 Å². The molecule has 1 amide bonds. The zero-order valence-electron chi connectivity index (χ0n) is 11.4. The van der Waals surface area contributed by atoms with Crippen molar-refractivity contribution in [3.05, 3.63) is 27.3 Å². The van der Waals surface area contributed by atoms with E-state index < -0.39 is 5.97 Å². The summed E-state index contributed by atoms with van der Waals surface area (Å²) in [6.07, 6.45) is 1.86. The van der Waals surface area contributed by atoms with E-state index in [0.29, 0.717) is 5.69 Å². The van der Waals surface area contributed by atoms with Gasteiger partial charge in [-0.3, -0.25) is 4.79 Å². The highest BCUT2D eigenvalue weighted by Crippen LogP contribution is 2.19. The molecule has 1 aromatic carbocycles. The number of rotatable bonds is 5. The summed E-state index contributed by atoms with van der Waals surface area (Å²) in [4.78, 5) is 23.0. The Bertz CT molecular complexity index is 530. The first kappa shape index (κ1) is 16.2. The molecule has 1 aliphatic rings. The van der Waals surface area contributed by atoms with Crippen LogP contribution in [0.1, 0.15) is 23.2 Å². The maximum atomic E-state index is 11.9. The Morgan fingerprint density at radius 1 is 1.38 bits per heavy atom. The number of aromatic carboxylic acids is 1. The first-order valence-corrected chi connectivity index (χ1v) is 7.79. The maximum Gasteiger partial charge on any atom is 0.337 e. The lowest BCUT2D eigenvalue weighted by Gasteiger charge is -2.22. The Balaban J connectivity index is 1.91. The summed E-state index contributed by atoms with van der Waals surface area (Å²) in [5, 5.41) is 15.0. The number of amides is 1. The van der Waals surface area contributed by atoms with Crippen LogP contribution in [0.5, 0.6) is 0 Å². The van der Waals surface area contributed by atoms with E-state index in [4.69, 9.17) is 9.84 Å². The number of hydrogen-bond acceptors (Lipinski definition) is 4. The summed E-state index contributed by atoms with van der Waals surface area (Å²) in [6.45, 7) is 1.73. The zero-order chi connectivity index (χ0) is 15.2. The smallest absolute Gasteiger partial charge is 0.337 e. The summed E-state index contributed by atoms with van der Waals surface area (Å²) < 4.78 is 6.34. The SMILES string of the molecule is O=C(COC1CCNCC1)Nc1ccc(I)cc1C(=O)O. The number of nitrogens with one attached hydrogen (secondary N) is 2. The molecule has 6 nitrogen and oxygen atoms in total. The third-order valence-electron chi connectivity index (χ3n) is 3.22. The molecule has 0 atom stereocenters. The van der Waals surface area contributed by atoms with Crippen molar-refractivity contribution >= 4 is 40.2 Å². The molecule has 0 unspecified atom stereocenters. The number of ether oxygens (including phenoxy) is 1. The molecule has 0 aliphatic carbocycles. The predicted molar refractivity (Wildman–Crippen MR) is 86.6 cm³/mol. The quantitative estimate of drug-likeness (QED) is 0.651. The Morgan fingerprint density at radius 3 is 2.76 bits per heavy atom. The largest absolute Gasteiger partial charge is 0.478 e. The van der Waals surface area contributed by atoms with Crippen LogP contribution in [0.3, 0.4) is 0 Å². The molecule has 21 heavy (non-hydrogen) atoms. The number of hydrogen-bond donors (Lipinski definition) is 3. The number of anilines is 1. The van der Waals surface area contributed by atoms with E-state index in [2.05, 4.69) is 10.6 Å². The molecular weight excluding hydrogens is 387 g/mol. The molecule has 0 aromatic heterocycles. The molecule has 3 N–H and O–H groups in total. The van der Waals surface area contributed by atoms with Crippen LogP contribution in [-0.4, -0.2) is 42.8 Å². The fraction of sp³-hybridized carbons (Fsp3) is 0.429. The highest BCUT2D eigenvalue weighted by molar-refractivity contribution is 14.1.